The monoisotopic (exact) mass is 356 g/mol. The fourth-order valence-electron chi connectivity index (χ4n) is 1.24. The summed E-state index contributed by atoms with van der Waals surface area (Å²) >= 11 is 7.97. The lowest BCUT2D eigenvalue weighted by Gasteiger charge is -2.05. The highest BCUT2D eigenvalue weighted by Crippen LogP contribution is 2.23. The van der Waals surface area contributed by atoms with Gasteiger partial charge in [-0.3, -0.25) is 0 Å². The average Bonchev–Trinajstić information content (AvgIpc) is 2.28. The summed E-state index contributed by atoms with van der Waals surface area (Å²) in [6.07, 6.45) is 0. The van der Waals surface area contributed by atoms with Gasteiger partial charge in [0.1, 0.15) is 10.9 Å². The van der Waals surface area contributed by atoms with Crippen LogP contribution in [0.4, 0.5) is 0 Å². The Balaban J connectivity index is 2.30. The normalized spacial score (nSPS) is 9.71. The summed E-state index contributed by atoms with van der Waals surface area (Å²) < 4.78 is 6.59. The molecule has 0 saturated heterocycles. The molecule has 0 unspecified atom stereocenters. The molecule has 0 atom stereocenters. The van der Waals surface area contributed by atoms with Gasteiger partial charge >= 0.3 is 0 Å². The van der Waals surface area contributed by atoms with Gasteiger partial charge in [0, 0.05) is 9.64 Å². The number of hydrogen-bond donors (Lipinski definition) is 0. The van der Waals surface area contributed by atoms with Gasteiger partial charge in [0.15, 0.2) is 0 Å². The first-order valence-electron chi connectivity index (χ1n) is 4.68. The quantitative estimate of drug-likeness (QED) is 0.603. The molecule has 2 rings (SSSR count). The summed E-state index contributed by atoms with van der Waals surface area (Å²) in [6.45, 7) is 0. The summed E-state index contributed by atoms with van der Waals surface area (Å²) in [4.78, 5) is 4.00. The Hall–Kier alpha value is -1.32. The summed E-state index contributed by atoms with van der Waals surface area (Å²) in [5, 5.41) is 9.04. The maximum absolute atomic E-state index is 8.80. The van der Waals surface area contributed by atoms with Gasteiger partial charge in [0.2, 0.25) is 5.88 Å². The first kappa shape index (κ1) is 12.1. The van der Waals surface area contributed by atoms with Crippen LogP contribution >= 0.6 is 34.2 Å². The van der Waals surface area contributed by atoms with Gasteiger partial charge in [-0.15, -0.1) is 0 Å². The Morgan fingerprint density at radius 1 is 1.29 bits per heavy atom. The molecule has 0 N–H and O–H groups in total. The van der Waals surface area contributed by atoms with Crippen molar-refractivity contribution in [2.45, 2.75) is 0 Å². The first-order valence-corrected chi connectivity index (χ1v) is 6.14. The molecule has 0 spiro atoms. The van der Waals surface area contributed by atoms with Crippen molar-refractivity contribution < 1.29 is 4.74 Å². The van der Waals surface area contributed by atoms with E-state index in [-0.39, 0.29) is 5.15 Å². The molecule has 0 radical (unpaired) electrons. The molecule has 1 heterocycles. The molecule has 5 heteroatoms. The fourth-order valence-corrected chi connectivity index (χ4v) is 1.96. The first-order chi connectivity index (χ1) is 8.17. The van der Waals surface area contributed by atoms with Crippen molar-refractivity contribution in [1.29, 1.82) is 5.26 Å². The SMILES string of the molecule is N#Cc1cc(Cl)nc(Oc2cccc(I)c2)c1. The molecule has 0 amide bonds. The largest absolute Gasteiger partial charge is 0.439 e. The topological polar surface area (TPSA) is 45.9 Å². The van der Waals surface area contributed by atoms with Gasteiger partial charge in [-0.25, -0.2) is 4.98 Å². The number of nitriles is 1. The van der Waals surface area contributed by atoms with E-state index in [1.807, 2.05) is 30.3 Å². The molecular formula is C12H6ClIN2O. The zero-order valence-electron chi connectivity index (χ0n) is 8.52. The summed E-state index contributed by atoms with van der Waals surface area (Å²) in [5.41, 5.74) is 0.422. The molecule has 2 aromatic rings. The van der Waals surface area contributed by atoms with Crippen LogP contribution in [0.5, 0.6) is 11.6 Å². The predicted octanol–water partition coefficient (Wildman–Crippen LogP) is 4.00. The molecule has 0 aliphatic rings. The van der Waals surface area contributed by atoms with Crippen molar-refractivity contribution in [3.05, 3.63) is 50.7 Å². The molecule has 0 aliphatic carbocycles. The van der Waals surface area contributed by atoms with E-state index in [0.29, 0.717) is 17.2 Å². The molecule has 0 saturated carbocycles. The zero-order chi connectivity index (χ0) is 12.3. The van der Waals surface area contributed by atoms with Crippen LogP contribution in [0.3, 0.4) is 0 Å². The zero-order valence-corrected chi connectivity index (χ0v) is 11.4. The third-order valence-electron chi connectivity index (χ3n) is 1.92. The number of hydrogen-bond acceptors (Lipinski definition) is 3. The minimum Gasteiger partial charge on any atom is -0.439 e. The molecule has 1 aromatic heterocycles. The van der Waals surface area contributed by atoms with Crippen molar-refractivity contribution in [3.8, 4) is 17.7 Å². The lowest BCUT2D eigenvalue weighted by Crippen LogP contribution is -1.90. The van der Waals surface area contributed by atoms with E-state index >= 15 is 0 Å². The van der Waals surface area contributed by atoms with Crippen LogP contribution < -0.4 is 4.74 Å². The summed E-state index contributed by atoms with van der Waals surface area (Å²) in [6, 6.07) is 12.6. The Labute approximate surface area is 117 Å². The molecule has 0 fully saturated rings. The van der Waals surface area contributed by atoms with E-state index in [0.717, 1.165) is 3.57 Å². The number of pyridine rings is 1. The van der Waals surface area contributed by atoms with E-state index in [1.165, 1.54) is 6.07 Å². The Morgan fingerprint density at radius 2 is 2.12 bits per heavy atom. The molecular weight excluding hydrogens is 351 g/mol. The standard InChI is InChI=1S/C12H6ClIN2O/c13-11-4-8(7-15)5-12(16-11)17-10-3-1-2-9(14)6-10/h1-6H. The van der Waals surface area contributed by atoms with Crippen LogP contribution in [-0.4, -0.2) is 4.98 Å². The predicted molar refractivity (Wildman–Crippen MR) is 73.2 cm³/mol. The second-order valence-corrected chi connectivity index (χ2v) is 4.82. The Bertz CT molecular complexity index is 595. The minimum absolute atomic E-state index is 0.240. The van der Waals surface area contributed by atoms with E-state index < -0.39 is 0 Å². The third-order valence-corrected chi connectivity index (χ3v) is 2.78. The van der Waals surface area contributed by atoms with Crippen LogP contribution in [0, 0.1) is 14.9 Å². The van der Waals surface area contributed by atoms with Crippen molar-refractivity contribution in [3.63, 3.8) is 0 Å². The third kappa shape index (κ3) is 3.32. The Morgan fingerprint density at radius 3 is 2.82 bits per heavy atom. The van der Waals surface area contributed by atoms with E-state index in [2.05, 4.69) is 27.6 Å². The van der Waals surface area contributed by atoms with Gasteiger partial charge in [0.25, 0.3) is 0 Å². The van der Waals surface area contributed by atoms with Gasteiger partial charge in [-0.1, -0.05) is 17.7 Å². The molecule has 84 valence electrons. The van der Waals surface area contributed by atoms with Gasteiger partial charge in [0.05, 0.1) is 11.6 Å². The van der Waals surface area contributed by atoms with Crippen LogP contribution in [0.2, 0.25) is 5.15 Å². The molecule has 0 aliphatic heterocycles. The highest BCUT2D eigenvalue weighted by atomic mass is 127. The minimum atomic E-state index is 0.240. The number of halogens is 2. The number of aromatic nitrogens is 1. The second-order valence-electron chi connectivity index (χ2n) is 3.19. The highest BCUT2D eigenvalue weighted by molar-refractivity contribution is 14.1. The Kier molecular flexibility index (Phi) is 3.82. The molecule has 0 bridgehead atoms. The van der Waals surface area contributed by atoms with Crippen LogP contribution in [0.15, 0.2) is 36.4 Å². The molecule has 1 aromatic carbocycles. The maximum Gasteiger partial charge on any atom is 0.221 e. The van der Waals surface area contributed by atoms with Crippen LogP contribution in [0.25, 0.3) is 0 Å². The number of benzene rings is 1. The fraction of sp³-hybridized carbons (Fsp3) is 0. The highest BCUT2D eigenvalue weighted by Gasteiger charge is 2.03. The van der Waals surface area contributed by atoms with Crippen molar-refractivity contribution in [1.82, 2.24) is 4.98 Å². The van der Waals surface area contributed by atoms with Crippen LogP contribution in [0.1, 0.15) is 5.56 Å². The summed E-state index contributed by atoms with van der Waals surface area (Å²) in [7, 11) is 0. The lowest BCUT2D eigenvalue weighted by molar-refractivity contribution is 0.462. The molecule has 3 nitrogen and oxygen atoms in total. The number of ether oxygens (including phenoxy) is 1. The number of nitrogens with zero attached hydrogens (tertiary/aromatic N) is 2. The molecule has 17 heavy (non-hydrogen) atoms. The van der Waals surface area contributed by atoms with Gasteiger partial charge < -0.3 is 4.74 Å². The number of rotatable bonds is 2. The van der Waals surface area contributed by atoms with Gasteiger partial charge in [-0.05, 0) is 46.9 Å². The van der Waals surface area contributed by atoms with E-state index in [4.69, 9.17) is 21.6 Å². The second kappa shape index (κ2) is 5.34. The van der Waals surface area contributed by atoms with E-state index in [9.17, 15) is 0 Å². The maximum atomic E-state index is 8.80. The average molecular weight is 357 g/mol. The lowest BCUT2D eigenvalue weighted by atomic mass is 10.3. The van der Waals surface area contributed by atoms with Crippen molar-refractivity contribution >= 4 is 34.2 Å². The smallest absolute Gasteiger partial charge is 0.221 e. The van der Waals surface area contributed by atoms with Crippen molar-refractivity contribution in [2.24, 2.45) is 0 Å². The van der Waals surface area contributed by atoms with Crippen molar-refractivity contribution in [2.75, 3.05) is 0 Å². The van der Waals surface area contributed by atoms with Gasteiger partial charge in [-0.2, -0.15) is 5.26 Å². The van der Waals surface area contributed by atoms with Crippen LogP contribution in [-0.2, 0) is 0 Å². The van der Waals surface area contributed by atoms with E-state index in [1.54, 1.807) is 6.07 Å². The summed E-state index contributed by atoms with van der Waals surface area (Å²) in [5.74, 6) is 0.978.